The molecule has 0 amide bonds. The summed E-state index contributed by atoms with van der Waals surface area (Å²) in [6, 6.07) is 0. The Kier molecular flexibility index (Phi) is 19.6. The minimum atomic E-state index is -0.165. The fourth-order valence-electron chi connectivity index (χ4n) is 2.10. The van der Waals surface area contributed by atoms with E-state index in [1.54, 1.807) is 0 Å². The number of nitrogens with zero attached hydrogens (tertiary/aromatic N) is 1. The zero-order chi connectivity index (χ0) is 20.7. The van der Waals surface area contributed by atoms with Gasteiger partial charge in [0.05, 0.1) is 6.42 Å². The van der Waals surface area contributed by atoms with Crippen molar-refractivity contribution in [3.63, 3.8) is 0 Å². The Morgan fingerprint density at radius 1 is 0.679 bits per heavy atom. The van der Waals surface area contributed by atoms with Gasteiger partial charge in [0.15, 0.2) is 0 Å². The van der Waals surface area contributed by atoms with E-state index in [4.69, 9.17) is 4.74 Å². The lowest BCUT2D eigenvalue weighted by molar-refractivity contribution is -0.142. The third kappa shape index (κ3) is 21.9. The van der Waals surface area contributed by atoms with Crippen LogP contribution in [0.5, 0.6) is 0 Å². The molecular weight excluding hydrogens is 346 g/mol. The van der Waals surface area contributed by atoms with Gasteiger partial charge in [-0.15, -0.1) is 0 Å². The number of allylic oxidation sites excluding steroid dienone is 11. The molecule has 0 spiro atoms. The van der Waals surface area contributed by atoms with Gasteiger partial charge in [-0.3, -0.25) is 4.79 Å². The van der Waals surface area contributed by atoms with Crippen molar-refractivity contribution < 1.29 is 9.53 Å². The first-order valence-electron chi connectivity index (χ1n) is 10.4. The number of likely N-dealkylation sites (N-methyl/N-ethyl adjacent to an activating group) is 1. The molecule has 0 N–H and O–H groups in total. The van der Waals surface area contributed by atoms with Crippen LogP contribution >= 0.6 is 0 Å². The molecule has 0 aromatic rings. The fraction of sp³-hybridized carbons (Fsp3) is 0.480. The molecule has 3 heteroatoms. The zero-order valence-corrected chi connectivity index (χ0v) is 18.1. The van der Waals surface area contributed by atoms with Crippen molar-refractivity contribution in [2.75, 3.05) is 27.2 Å². The normalized spacial score (nSPS) is 13.0. The summed E-state index contributed by atoms with van der Waals surface area (Å²) in [5.74, 6) is -0.165. The Bertz CT molecular complexity index is 537. The molecule has 0 aromatic heterocycles. The van der Waals surface area contributed by atoms with Crippen molar-refractivity contribution in [3.05, 3.63) is 72.9 Å². The third-order valence-corrected chi connectivity index (χ3v) is 3.68. The number of hydrogen-bond donors (Lipinski definition) is 0. The molecule has 0 saturated heterocycles. The molecule has 0 aliphatic rings. The minimum Gasteiger partial charge on any atom is -0.464 e. The number of rotatable bonds is 16. The second kappa shape index (κ2) is 21.2. The van der Waals surface area contributed by atoms with Crippen molar-refractivity contribution >= 4 is 5.97 Å². The first-order valence-corrected chi connectivity index (χ1v) is 10.4. The molecule has 0 fully saturated rings. The summed E-state index contributed by atoms with van der Waals surface area (Å²) >= 11 is 0. The van der Waals surface area contributed by atoms with E-state index in [1.807, 2.05) is 31.1 Å². The average molecular weight is 386 g/mol. The van der Waals surface area contributed by atoms with Crippen LogP contribution in [-0.4, -0.2) is 38.1 Å². The predicted molar refractivity (Wildman–Crippen MR) is 122 cm³/mol. The van der Waals surface area contributed by atoms with E-state index in [1.165, 1.54) is 0 Å². The molecule has 0 atom stereocenters. The lowest BCUT2D eigenvalue weighted by Crippen LogP contribution is -2.19. The Labute approximate surface area is 172 Å². The molecule has 0 aromatic carbocycles. The molecule has 0 bridgehead atoms. The first kappa shape index (κ1) is 25.9. The highest BCUT2D eigenvalue weighted by Gasteiger charge is 1.99. The molecule has 0 aliphatic carbocycles. The maximum atomic E-state index is 11.5. The van der Waals surface area contributed by atoms with Gasteiger partial charge >= 0.3 is 5.97 Å². The standard InChI is InChI=1S/C25H39NO2/c1-4-5-6-7-8-9-10-11-12-13-14-15-16-17-18-19-20-21-22-25(27)28-24-23-26(2)3/h5-6,8-9,11-12,14-15,17-18,20-21H,4,7,10,13,16,19,22-24H2,1-3H3/b6-5-,9-8-,12-11-,15-14-,18-17-,21-20-. The number of carbonyl (C=O) groups is 1. The van der Waals surface area contributed by atoms with Gasteiger partial charge in [-0.05, 0) is 52.6 Å². The Morgan fingerprint density at radius 3 is 1.46 bits per heavy atom. The van der Waals surface area contributed by atoms with Crippen LogP contribution in [0.2, 0.25) is 0 Å². The summed E-state index contributed by atoms with van der Waals surface area (Å²) in [7, 11) is 3.91. The van der Waals surface area contributed by atoms with Crippen LogP contribution in [0.3, 0.4) is 0 Å². The maximum Gasteiger partial charge on any atom is 0.309 e. The van der Waals surface area contributed by atoms with Crippen LogP contribution in [0.1, 0.15) is 51.9 Å². The summed E-state index contributed by atoms with van der Waals surface area (Å²) in [4.78, 5) is 13.5. The SMILES string of the molecule is CC/C=C\C/C=C\C/C=C\C/C=C\C/C=C\C/C=C\CC(=O)OCCN(C)C. The molecule has 0 saturated carbocycles. The van der Waals surface area contributed by atoms with Gasteiger partial charge in [-0.2, -0.15) is 0 Å². The smallest absolute Gasteiger partial charge is 0.309 e. The lowest BCUT2D eigenvalue weighted by Gasteiger charge is -2.08. The number of hydrogen-bond acceptors (Lipinski definition) is 3. The minimum absolute atomic E-state index is 0.165. The average Bonchev–Trinajstić information content (AvgIpc) is 2.66. The van der Waals surface area contributed by atoms with Crippen LogP contribution < -0.4 is 0 Å². The van der Waals surface area contributed by atoms with E-state index >= 15 is 0 Å². The van der Waals surface area contributed by atoms with Gasteiger partial charge < -0.3 is 9.64 Å². The largest absolute Gasteiger partial charge is 0.464 e. The highest BCUT2D eigenvalue weighted by Crippen LogP contribution is 1.97. The molecular formula is C25H39NO2. The van der Waals surface area contributed by atoms with E-state index in [2.05, 4.69) is 67.7 Å². The van der Waals surface area contributed by atoms with Crippen molar-refractivity contribution in [2.24, 2.45) is 0 Å². The lowest BCUT2D eigenvalue weighted by atomic mass is 10.2. The van der Waals surface area contributed by atoms with Crippen molar-refractivity contribution in [3.8, 4) is 0 Å². The van der Waals surface area contributed by atoms with Crippen LogP contribution in [0.4, 0.5) is 0 Å². The highest BCUT2D eigenvalue weighted by atomic mass is 16.5. The van der Waals surface area contributed by atoms with Gasteiger partial charge in [0.1, 0.15) is 6.61 Å². The second-order valence-electron chi connectivity index (χ2n) is 6.64. The van der Waals surface area contributed by atoms with Gasteiger partial charge in [-0.1, -0.05) is 79.8 Å². The van der Waals surface area contributed by atoms with E-state index in [0.717, 1.165) is 45.1 Å². The van der Waals surface area contributed by atoms with Crippen molar-refractivity contribution in [2.45, 2.75) is 51.9 Å². The van der Waals surface area contributed by atoms with E-state index < -0.39 is 0 Å². The first-order chi connectivity index (χ1) is 13.7. The van der Waals surface area contributed by atoms with Crippen LogP contribution in [-0.2, 0) is 9.53 Å². The Balaban J connectivity index is 3.59. The molecule has 0 heterocycles. The van der Waals surface area contributed by atoms with Gasteiger partial charge in [-0.25, -0.2) is 0 Å². The summed E-state index contributed by atoms with van der Waals surface area (Å²) in [6.45, 7) is 3.36. The van der Waals surface area contributed by atoms with Crippen molar-refractivity contribution in [1.29, 1.82) is 0 Å². The second-order valence-corrected chi connectivity index (χ2v) is 6.64. The predicted octanol–water partition coefficient (Wildman–Crippen LogP) is 6.18. The van der Waals surface area contributed by atoms with Gasteiger partial charge in [0.25, 0.3) is 0 Å². The molecule has 0 unspecified atom stereocenters. The molecule has 0 aliphatic heterocycles. The summed E-state index contributed by atoms with van der Waals surface area (Å²) in [5, 5.41) is 0. The molecule has 0 radical (unpaired) electrons. The molecule has 28 heavy (non-hydrogen) atoms. The van der Waals surface area contributed by atoms with Gasteiger partial charge in [0, 0.05) is 6.54 Å². The van der Waals surface area contributed by atoms with E-state index in [0.29, 0.717) is 13.0 Å². The van der Waals surface area contributed by atoms with Crippen molar-refractivity contribution in [1.82, 2.24) is 4.90 Å². The topological polar surface area (TPSA) is 29.5 Å². The Hall–Kier alpha value is -2.13. The van der Waals surface area contributed by atoms with Crippen LogP contribution in [0, 0.1) is 0 Å². The highest BCUT2D eigenvalue weighted by molar-refractivity contribution is 5.71. The molecule has 0 rings (SSSR count). The van der Waals surface area contributed by atoms with E-state index in [-0.39, 0.29) is 5.97 Å². The zero-order valence-electron chi connectivity index (χ0n) is 18.1. The fourth-order valence-corrected chi connectivity index (χ4v) is 2.10. The number of esters is 1. The third-order valence-electron chi connectivity index (χ3n) is 3.68. The summed E-state index contributed by atoms with van der Waals surface area (Å²) < 4.78 is 5.12. The monoisotopic (exact) mass is 385 g/mol. The summed E-state index contributed by atoms with van der Waals surface area (Å²) in [6.07, 6.45) is 32.0. The van der Waals surface area contributed by atoms with Crippen LogP contribution in [0.25, 0.3) is 0 Å². The molecule has 3 nitrogen and oxygen atoms in total. The van der Waals surface area contributed by atoms with E-state index in [9.17, 15) is 4.79 Å². The molecule has 156 valence electrons. The van der Waals surface area contributed by atoms with Gasteiger partial charge in [0.2, 0.25) is 0 Å². The quantitative estimate of drug-likeness (QED) is 0.235. The maximum absolute atomic E-state index is 11.5. The number of ether oxygens (including phenoxy) is 1. The van der Waals surface area contributed by atoms with Crippen LogP contribution in [0.15, 0.2) is 72.9 Å². The Morgan fingerprint density at radius 2 is 1.07 bits per heavy atom. The summed E-state index contributed by atoms with van der Waals surface area (Å²) in [5.41, 5.74) is 0. The number of carbonyl (C=O) groups excluding carboxylic acids is 1.